The maximum Gasteiger partial charge on any atom is 0.416 e. The van der Waals surface area contributed by atoms with Crippen molar-refractivity contribution in [3.63, 3.8) is 0 Å². The minimum Gasteiger partial charge on any atom is -0.383 e. The fourth-order valence-electron chi connectivity index (χ4n) is 2.74. The summed E-state index contributed by atoms with van der Waals surface area (Å²) >= 11 is 0. The Morgan fingerprint density at radius 3 is 2.63 bits per heavy atom. The van der Waals surface area contributed by atoms with Gasteiger partial charge in [0.05, 0.1) is 31.9 Å². The van der Waals surface area contributed by atoms with Crippen LogP contribution in [-0.4, -0.2) is 52.0 Å². The van der Waals surface area contributed by atoms with Crippen LogP contribution in [0.2, 0.25) is 0 Å². The lowest BCUT2D eigenvalue weighted by molar-refractivity contribution is -0.138. The van der Waals surface area contributed by atoms with E-state index in [4.69, 9.17) is 15.2 Å². The molecule has 1 aromatic carbocycles. The lowest BCUT2D eigenvalue weighted by Crippen LogP contribution is -2.40. The maximum absolute atomic E-state index is 13.5. The first kappa shape index (κ1) is 23.8. The number of nitrogens with one attached hydrogen (secondary N) is 1. The minimum atomic E-state index is -4.46. The molecule has 1 aliphatic rings. The zero-order chi connectivity index (χ0) is 19.2. The number of hydrogen-bond acceptors (Lipinski definition) is 4. The SMILES string of the molecule is COCC(C)NC(N)=NCc1ccc(N2CCOCC2)cc1C(F)(F)F.I. The number of aliphatic imine (C=N–C) groups is 1. The Hall–Kier alpha value is -1.27. The average molecular weight is 502 g/mol. The van der Waals surface area contributed by atoms with E-state index in [1.54, 1.807) is 13.2 Å². The lowest BCUT2D eigenvalue weighted by atomic mass is 10.1. The molecule has 0 spiro atoms. The Kier molecular flexibility index (Phi) is 9.60. The number of anilines is 1. The first-order chi connectivity index (χ1) is 12.3. The number of nitrogens with two attached hydrogens (primary N) is 1. The van der Waals surface area contributed by atoms with Crippen molar-refractivity contribution >= 4 is 35.6 Å². The highest BCUT2D eigenvalue weighted by molar-refractivity contribution is 14.0. The highest BCUT2D eigenvalue weighted by Gasteiger charge is 2.34. The van der Waals surface area contributed by atoms with Gasteiger partial charge in [-0.3, -0.25) is 0 Å². The van der Waals surface area contributed by atoms with Crippen molar-refractivity contribution in [2.75, 3.05) is 44.9 Å². The number of guanidine groups is 1. The quantitative estimate of drug-likeness (QED) is 0.356. The normalized spacial score (nSPS) is 16.6. The van der Waals surface area contributed by atoms with Crippen LogP contribution >= 0.6 is 24.0 Å². The molecule has 0 amide bonds. The second-order valence-electron chi connectivity index (χ2n) is 6.14. The van der Waals surface area contributed by atoms with Gasteiger partial charge in [-0.15, -0.1) is 24.0 Å². The van der Waals surface area contributed by atoms with Gasteiger partial charge in [0, 0.05) is 31.9 Å². The number of methoxy groups -OCH3 is 1. The number of hydrogen-bond donors (Lipinski definition) is 2. The van der Waals surface area contributed by atoms with E-state index in [0.29, 0.717) is 38.6 Å². The van der Waals surface area contributed by atoms with Crippen molar-refractivity contribution in [2.24, 2.45) is 10.7 Å². The summed E-state index contributed by atoms with van der Waals surface area (Å²) in [6.45, 7) is 4.26. The third kappa shape index (κ3) is 7.34. The summed E-state index contributed by atoms with van der Waals surface area (Å²) in [5.41, 5.74) is 5.66. The summed E-state index contributed by atoms with van der Waals surface area (Å²) in [6, 6.07) is 4.23. The van der Waals surface area contributed by atoms with Crippen molar-refractivity contribution in [1.29, 1.82) is 0 Å². The van der Waals surface area contributed by atoms with E-state index in [-0.39, 0.29) is 48.1 Å². The largest absolute Gasteiger partial charge is 0.416 e. The molecular weight excluding hydrogens is 476 g/mol. The van der Waals surface area contributed by atoms with Crippen LogP contribution in [0.15, 0.2) is 23.2 Å². The molecule has 1 atom stereocenters. The highest BCUT2D eigenvalue weighted by atomic mass is 127. The molecule has 1 aliphatic heterocycles. The summed E-state index contributed by atoms with van der Waals surface area (Å²) in [4.78, 5) is 5.91. The molecule has 0 saturated carbocycles. The van der Waals surface area contributed by atoms with Gasteiger partial charge in [-0.05, 0) is 24.6 Å². The summed E-state index contributed by atoms with van der Waals surface area (Å²) in [5.74, 6) is 0.0833. The van der Waals surface area contributed by atoms with E-state index in [1.807, 2.05) is 11.8 Å². The first-order valence-electron chi connectivity index (χ1n) is 8.39. The number of morpholine rings is 1. The third-order valence-corrected chi connectivity index (χ3v) is 4.01. The van der Waals surface area contributed by atoms with E-state index >= 15 is 0 Å². The molecular formula is C17H26F3IN4O2. The summed E-state index contributed by atoms with van der Waals surface area (Å²) < 4.78 is 50.6. The van der Waals surface area contributed by atoms with Crippen molar-refractivity contribution in [1.82, 2.24) is 5.32 Å². The van der Waals surface area contributed by atoms with Crippen LogP contribution in [0.3, 0.4) is 0 Å². The van der Waals surface area contributed by atoms with Crippen LogP contribution in [-0.2, 0) is 22.2 Å². The molecule has 10 heteroatoms. The molecule has 1 heterocycles. The van der Waals surface area contributed by atoms with Crippen molar-refractivity contribution < 1.29 is 22.6 Å². The molecule has 1 fully saturated rings. The van der Waals surface area contributed by atoms with E-state index in [2.05, 4.69) is 10.3 Å². The Morgan fingerprint density at radius 1 is 1.37 bits per heavy atom. The van der Waals surface area contributed by atoms with E-state index in [9.17, 15) is 13.2 Å². The first-order valence-corrected chi connectivity index (χ1v) is 8.39. The Labute approximate surface area is 174 Å². The van der Waals surface area contributed by atoms with E-state index in [1.165, 1.54) is 12.1 Å². The van der Waals surface area contributed by atoms with Crippen LogP contribution in [0, 0.1) is 0 Å². The molecule has 3 N–H and O–H groups in total. The van der Waals surface area contributed by atoms with Gasteiger partial charge in [0.1, 0.15) is 0 Å². The summed E-state index contributed by atoms with van der Waals surface area (Å²) in [6.07, 6.45) is -4.46. The Bertz CT molecular complexity index is 623. The predicted octanol–water partition coefficient (Wildman–Crippen LogP) is 2.60. The molecule has 0 aromatic heterocycles. The molecule has 0 radical (unpaired) electrons. The Morgan fingerprint density at radius 2 is 2.04 bits per heavy atom. The van der Waals surface area contributed by atoms with Gasteiger partial charge < -0.3 is 25.4 Å². The number of rotatable bonds is 6. The Balaban J connectivity index is 0.00000364. The van der Waals surface area contributed by atoms with Crippen LogP contribution in [0.4, 0.5) is 18.9 Å². The maximum atomic E-state index is 13.5. The van der Waals surface area contributed by atoms with Crippen LogP contribution in [0.5, 0.6) is 0 Å². The van der Waals surface area contributed by atoms with Crippen LogP contribution in [0.25, 0.3) is 0 Å². The van der Waals surface area contributed by atoms with Crippen molar-refractivity contribution in [3.8, 4) is 0 Å². The zero-order valence-electron chi connectivity index (χ0n) is 15.4. The van der Waals surface area contributed by atoms with E-state index < -0.39 is 11.7 Å². The van der Waals surface area contributed by atoms with Gasteiger partial charge in [-0.1, -0.05) is 6.07 Å². The topological polar surface area (TPSA) is 72.1 Å². The van der Waals surface area contributed by atoms with Gasteiger partial charge in [0.25, 0.3) is 0 Å². The second-order valence-corrected chi connectivity index (χ2v) is 6.14. The molecule has 0 bridgehead atoms. The second kappa shape index (κ2) is 10.9. The fourth-order valence-corrected chi connectivity index (χ4v) is 2.74. The predicted molar refractivity (Wildman–Crippen MR) is 110 cm³/mol. The molecule has 27 heavy (non-hydrogen) atoms. The van der Waals surface area contributed by atoms with Crippen molar-refractivity contribution in [3.05, 3.63) is 29.3 Å². The molecule has 1 unspecified atom stereocenters. The lowest BCUT2D eigenvalue weighted by Gasteiger charge is -2.29. The highest BCUT2D eigenvalue weighted by Crippen LogP contribution is 2.35. The molecule has 6 nitrogen and oxygen atoms in total. The fraction of sp³-hybridized carbons (Fsp3) is 0.588. The van der Waals surface area contributed by atoms with Gasteiger partial charge in [-0.2, -0.15) is 13.2 Å². The number of alkyl halides is 3. The summed E-state index contributed by atoms with van der Waals surface area (Å²) in [5, 5.41) is 2.87. The molecule has 154 valence electrons. The number of halogens is 4. The third-order valence-electron chi connectivity index (χ3n) is 4.01. The monoisotopic (exact) mass is 502 g/mol. The molecule has 1 saturated heterocycles. The number of ether oxygens (including phenoxy) is 2. The van der Waals surface area contributed by atoms with E-state index in [0.717, 1.165) is 0 Å². The zero-order valence-corrected chi connectivity index (χ0v) is 17.7. The van der Waals surface area contributed by atoms with Crippen molar-refractivity contribution in [2.45, 2.75) is 25.7 Å². The average Bonchev–Trinajstić information content (AvgIpc) is 2.60. The summed E-state index contributed by atoms with van der Waals surface area (Å²) in [7, 11) is 1.55. The van der Waals surface area contributed by atoms with Crippen LogP contribution < -0.4 is 16.0 Å². The van der Waals surface area contributed by atoms with Gasteiger partial charge in [0.15, 0.2) is 5.96 Å². The molecule has 1 aromatic rings. The molecule has 2 rings (SSSR count). The molecule has 0 aliphatic carbocycles. The standard InChI is InChI=1S/C17H25F3N4O2.HI/c1-12(11-25-2)23-16(21)22-10-13-3-4-14(9-15(13)17(18,19)20)24-5-7-26-8-6-24;/h3-4,9,12H,5-8,10-11H2,1-2H3,(H3,21,22,23);1H. The van der Waals surface area contributed by atoms with Gasteiger partial charge in [-0.25, -0.2) is 4.99 Å². The van der Waals surface area contributed by atoms with Gasteiger partial charge in [0.2, 0.25) is 0 Å². The minimum absolute atomic E-state index is 0. The number of nitrogens with zero attached hydrogens (tertiary/aromatic N) is 2. The smallest absolute Gasteiger partial charge is 0.383 e. The van der Waals surface area contributed by atoms with Gasteiger partial charge >= 0.3 is 6.18 Å². The van der Waals surface area contributed by atoms with Crippen LogP contribution in [0.1, 0.15) is 18.1 Å². The number of benzene rings is 1.